The molecule has 1 aliphatic heterocycles. The van der Waals surface area contributed by atoms with Crippen LogP contribution >= 0.6 is 11.6 Å². The molecule has 82 valence electrons. The van der Waals surface area contributed by atoms with Crippen LogP contribution in [0.1, 0.15) is 18.7 Å². The summed E-state index contributed by atoms with van der Waals surface area (Å²) < 4.78 is 0. The van der Waals surface area contributed by atoms with E-state index in [2.05, 4.69) is 14.9 Å². The number of nitrogens with zero attached hydrogens (tertiary/aromatic N) is 3. The van der Waals surface area contributed by atoms with Gasteiger partial charge in [-0.1, -0.05) is 11.6 Å². The number of aromatic nitrogens is 2. The Morgan fingerprint density at radius 1 is 1.53 bits per heavy atom. The van der Waals surface area contributed by atoms with Gasteiger partial charge in [0.25, 0.3) is 0 Å². The average molecular weight is 228 g/mol. The molecule has 0 amide bonds. The molecule has 2 rings (SSSR count). The molecule has 2 heterocycles. The van der Waals surface area contributed by atoms with E-state index < -0.39 is 0 Å². The number of anilines is 1. The summed E-state index contributed by atoms with van der Waals surface area (Å²) in [6, 6.07) is 1.74. The van der Waals surface area contributed by atoms with Crippen LogP contribution in [-0.2, 0) is 0 Å². The first-order chi connectivity index (χ1) is 7.15. The normalized spacial score (nSPS) is 21.8. The van der Waals surface area contributed by atoms with Crippen molar-refractivity contribution in [2.24, 2.45) is 0 Å². The van der Waals surface area contributed by atoms with Crippen molar-refractivity contribution in [2.45, 2.75) is 25.9 Å². The van der Waals surface area contributed by atoms with E-state index in [-0.39, 0.29) is 6.10 Å². The molecule has 1 atom stereocenters. The topological polar surface area (TPSA) is 49.2 Å². The molecule has 15 heavy (non-hydrogen) atoms. The lowest BCUT2D eigenvalue weighted by molar-refractivity contribution is 0.154. The van der Waals surface area contributed by atoms with Gasteiger partial charge in [-0.3, -0.25) is 0 Å². The van der Waals surface area contributed by atoms with E-state index >= 15 is 0 Å². The van der Waals surface area contributed by atoms with Gasteiger partial charge in [-0.05, 0) is 19.8 Å². The fourth-order valence-electron chi connectivity index (χ4n) is 1.84. The van der Waals surface area contributed by atoms with Crippen molar-refractivity contribution >= 4 is 17.4 Å². The number of rotatable bonds is 1. The average Bonchev–Trinajstić information content (AvgIpc) is 2.16. The SMILES string of the molecule is Cc1nc(Cl)cc(N2CCC[C@@H](O)C2)n1. The Morgan fingerprint density at radius 2 is 2.33 bits per heavy atom. The maximum atomic E-state index is 9.56. The zero-order valence-electron chi connectivity index (χ0n) is 8.65. The molecule has 1 fully saturated rings. The first-order valence-corrected chi connectivity index (χ1v) is 5.47. The Hall–Kier alpha value is -0.870. The molecule has 4 nitrogen and oxygen atoms in total. The third-order valence-electron chi connectivity index (χ3n) is 2.51. The lowest BCUT2D eigenvalue weighted by Crippen LogP contribution is -2.38. The van der Waals surface area contributed by atoms with E-state index in [1.54, 1.807) is 6.07 Å². The molecule has 1 aromatic heterocycles. The predicted molar refractivity (Wildman–Crippen MR) is 59.2 cm³/mol. The molecule has 0 unspecified atom stereocenters. The lowest BCUT2D eigenvalue weighted by atomic mass is 10.1. The summed E-state index contributed by atoms with van der Waals surface area (Å²) in [6.45, 7) is 3.37. The van der Waals surface area contributed by atoms with Gasteiger partial charge in [0.05, 0.1) is 6.10 Å². The number of piperidine rings is 1. The molecule has 0 spiro atoms. The molecule has 1 aliphatic rings. The number of aliphatic hydroxyl groups excluding tert-OH is 1. The smallest absolute Gasteiger partial charge is 0.134 e. The number of halogens is 1. The minimum Gasteiger partial charge on any atom is -0.391 e. The highest BCUT2D eigenvalue weighted by atomic mass is 35.5. The van der Waals surface area contributed by atoms with E-state index in [4.69, 9.17) is 11.6 Å². The van der Waals surface area contributed by atoms with Crippen LogP contribution in [-0.4, -0.2) is 34.3 Å². The molecular weight excluding hydrogens is 214 g/mol. The van der Waals surface area contributed by atoms with E-state index in [1.807, 2.05) is 6.92 Å². The fourth-order valence-corrected chi connectivity index (χ4v) is 2.06. The Bertz CT molecular complexity index is 338. The molecule has 0 saturated carbocycles. The molecular formula is C10H14ClN3O. The van der Waals surface area contributed by atoms with Gasteiger partial charge in [0.15, 0.2) is 0 Å². The van der Waals surface area contributed by atoms with Gasteiger partial charge in [-0.15, -0.1) is 0 Å². The molecule has 1 N–H and O–H groups in total. The van der Waals surface area contributed by atoms with Crippen LogP contribution < -0.4 is 4.90 Å². The van der Waals surface area contributed by atoms with Crippen molar-refractivity contribution in [3.63, 3.8) is 0 Å². The monoisotopic (exact) mass is 227 g/mol. The highest BCUT2D eigenvalue weighted by Crippen LogP contribution is 2.20. The summed E-state index contributed by atoms with van der Waals surface area (Å²) in [7, 11) is 0. The maximum absolute atomic E-state index is 9.56. The van der Waals surface area contributed by atoms with Crippen LogP contribution in [0, 0.1) is 6.92 Å². The van der Waals surface area contributed by atoms with Gasteiger partial charge in [0, 0.05) is 19.2 Å². The molecule has 1 saturated heterocycles. The standard InChI is InChI=1S/C10H14ClN3O/c1-7-12-9(11)5-10(13-7)14-4-2-3-8(15)6-14/h5,8,15H,2-4,6H2,1H3/t8-/m1/s1. The van der Waals surface area contributed by atoms with E-state index in [0.717, 1.165) is 25.2 Å². The minimum absolute atomic E-state index is 0.257. The fraction of sp³-hybridized carbons (Fsp3) is 0.600. The Morgan fingerprint density at radius 3 is 3.00 bits per heavy atom. The van der Waals surface area contributed by atoms with Gasteiger partial charge in [-0.2, -0.15) is 0 Å². The number of hydrogen-bond donors (Lipinski definition) is 1. The second-order valence-electron chi connectivity index (χ2n) is 3.84. The van der Waals surface area contributed by atoms with Crippen molar-refractivity contribution < 1.29 is 5.11 Å². The van der Waals surface area contributed by atoms with Crippen LogP contribution in [0.15, 0.2) is 6.07 Å². The second kappa shape index (κ2) is 4.33. The predicted octanol–water partition coefficient (Wildman–Crippen LogP) is 1.40. The first kappa shape index (κ1) is 10.6. The van der Waals surface area contributed by atoms with Crippen molar-refractivity contribution in [1.29, 1.82) is 0 Å². The third-order valence-corrected chi connectivity index (χ3v) is 2.71. The second-order valence-corrected chi connectivity index (χ2v) is 4.23. The molecule has 1 aromatic rings. The zero-order chi connectivity index (χ0) is 10.8. The molecule has 0 aromatic carbocycles. The van der Waals surface area contributed by atoms with Crippen LogP contribution in [0.3, 0.4) is 0 Å². The Labute approximate surface area is 93.9 Å². The first-order valence-electron chi connectivity index (χ1n) is 5.09. The Balaban J connectivity index is 2.20. The summed E-state index contributed by atoms with van der Waals surface area (Å²) in [4.78, 5) is 10.4. The highest BCUT2D eigenvalue weighted by molar-refractivity contribution is 6.29. The molecule has 0 radical (unpaired) electrons. The van der Waals surface area contributed by atoms with Gasteiger partial charge in [0.1, 0.15) is 16.8 Å². The Kier molecular flexibility index (Phi) is 3.07. The largest absolute Gasteiger partial charge is 0.391 e. The summed E-state index contributed by atoms with van der Waals surface area (Å²) in [5.74, 6) is 1.48. The van der Waals surface area contributed by atoms with Gasteiger partial charge < -0.3 is 10.0 Å². The number of hydrogen-bond acceptors (Lipinski definition) is 4. The van der Waals surface area contributed by atoms with Crippen molar-refractivity contribution in [1.82, 2.24) is 9.97 Å². The number of β-amino-alcohol motifs (C(OH)–C–C–N with tert-alkyl or cyclic N) is 1. The summed E-state index contributed by atoms with van der Waals surface area (Å²) >= 11 is 5.87. The van der Waals surface area contributed by atoms with Crippen molar-refractivity contribution in [3.05, 3.63) is 17.0 Å². The van der Waals surface area contributed by atoms with E-state index in [9.17, 15) is 5.11 Å². The van der Waals surface area contributed by atoms with Crippen LogP contribution in [0.5, 0.6) is 0 Å². The molecule has 0 aliphatic carbocycles. The quantitative estimate of drug-likeness (QED) is 0.737. The van der Waals surface area contributed by atoms with Gasteiger partial charge in [0.2, 0.25) is 0 Å². The minimum atomic E-state index is -0.257. The van der Waals surface area contributed by atoms with E-state index in [1.165, 1.54) is 0 Å². The zero-order valence-corrected chi connectivity index (χ0v) is 9.41. The molecule has 5 heteroatoms. The summed E-state index contributed by atoms with van der Waals surface area (Å²) in [5, 5.41) is 10.0. The maximum Gasteiger partial charge on any atom is 0.134 e. The van der Waals surface area contributed by atoms with Crippen molar-refractivity contribution in [2.75, 3.05) is 18.0 Å². The summed E-state index contributed by atoms with van der Waals surface area (Å²) in [5.41, 5.74) is 0. The number of aliphatic hydroxyl groups is 1. The van der Waals surface area contributed by atoms with Gasteiger partial charge in [-0.25, -0.2) is 9.97 Å². The lowest BCUT2D eigenvalue weighted by Gasteiger charge is -2.31. The van der Waals surface area contributed by atoms with Gasteiger partial charge >= 0.3 is 0 Å². The van der Waals surface area contributed by atoms with E-state index in [0.29, 0.717) is 17.5 Å². The molecule has 0 bridgehead atoms. The van der Waals surface area contributed by atoms with Crippen molar-refractivity contribution in [3.8, 4) is 0 Å². The third kappa shape index (κ3) is 2.58. The van der Waals surface area contributed by atoms with Crippen LogP contribution in [0.2, 0.25) is 5.15 Å². The highest BCUT2D eigenvalue weighted by Gasteiger charge is 2.19. The summed E-state index contributed by atoms with van der Waals surface area (Å²) in [6.07, 6.45) is 1.60. The van der Waals surface area contributed by atoms with Crippen LogP contribution in [0.4, 0.5) is 5.82 Å². The number of aryl methyl sites for hydroxylation is 1. The van der Waals surface area contributed by atoms with Crippen LogP contribution in [0.25, 0.3) is 0 Å².